The van der Waals surface area contributed by atoms with E-state index in [1.165, 1.54) is 28.8 Å². The van der Waals surface area contributed by atoms with Crippen molar-refractivity contribution in [2.75, 3.05) is 30.3 Å². The van der Waals surface area contributed by atoms with Crippen molar-refractivity contribution in [1.82, 2.24) is 10.2 Å². The molecule has 0 aliphatic heterocycles. The third kappa shape index (κ3) is 8.42. The van der Waals surface area contributed by atoms with Crippen LogP contribution in [0.5, 0.6) is 5.75 Å². The normalized spacial score (nSPS) is 11.9. The zero-order valence-corrected chi connectivity index (χ0v) is 26.8. The summed E-state index contributed by atoms with van der Waals surface area (Å²) in [6.07, 6.45) is 3.60. The summed E-state index contributed by atoms with van der Waals surface area (Å²) < 4.78 is 35.1. The highest BCUT2D eigenvalue weighted by atomic mass is 35.5. The van der Waals surface area contributed by atoms with Gasteiger partial charge in [0.15, 0.2) is 0 Å². The van der Waals surface area contributed by atoms with Gasteiger partial charge in [-0.3, -0.25) is 13.9 Å². The number of carbonyl (C=O) groups excluding carboxylic acids is 2. The van der Waals surface area contributed by atoms with Crippen LogP contribution in [0, 0.1) is 0 Å². The van der Waals surface area contributed by atoms with Gasteiger partial charge in [0.25, 0.3) is 10.0 Å². The first-order valence-corrected chi connectivity index (χ1v) is 16.9. The third-order valence-electron chi connectivity index (χ3n) is 6.66. The van der Waals surface area contributed by atoms with Crippen molar-refractivity contribution in [1.29, 1.82) is 0 Å². The van der Waals surface area contributed by atoms with Crippen LogP contribution in [0.2, 0.25) is 5.02 Å². The Morgan fingerprint density at radius 2 is 1.67 bits per heavy atom. The van der Waals surface area contributed by atoms with Gasteiger partial charge in [0.1, 0.15) is 18.3 Å². The van der Waals surface area contributed by atoms with E-state index in [1.54, 1.807) is 74.5 Å². The number of ether oxygens (including phenoxy) is 1. The van der Waals surface area contributed by atoms with Gasteiger partial charge in [-0.15, -0.1) is 11.8 Å². The Kier molecular flexibility index (Phi) is 12.6. The lowest BCUT2D eigenvalue weighted by molar-refractivity contribution is -0.139. The van der Waals surface area contributed by atoms with Crippen LogP contribution < -0.4 is 14.4 Å². The fourth-order valence-corrected chi connectivity index (χ4v) is 6.29. The van der Waals surface area contributed by atoms with E-state index in [1.807, 2.05) is 13.2 Å². The molecule has 1 atom stereocenters. The van der Waals surface area contributed by atoms with Crippen LogP contribution in [0.15, 0.2) is 82.6 Å². The number of hydrogen-bond donors (Lipinski definition) is 1. The number of anilines is 1. The number of amides is 2. The molecule has 0 aliphatic carbocycles. The molecule has 8 nitrogen and oxygen atoms in total. The number of carbonyl (C=O) groups is 2. The highest BCUT2D eigenvalue weighted by Crippen LogP contribution is 2.33. The highest BCUT2D eigenvalue weighted by Gasteiger charge is 2.34. The minimum absolute atomic E-state index is 0.0181. The van der Waals surface area contributed by atoms with E-state index < -0.39 is 28.5 Å². The molecule has 3 aromatic carbocycles. The minimum atomic E-state index is -4.22. The molecule has 11 heteroatoms. The van der Waals surface area contributed by atoms with E-state index in [4.69, 9.17) is 16.3 Å². The Balaban J connectivity index is 2.07. The number of thioether (sulfide) groups is 1. The van der Waals surface area contributed by atoms with Crippen molar-refractivity contribution in [3.8, 4) is 5.75 Å². The van der Waals surface area contributed by atoms with Crippen LogP contribution in [0.3, 0.4) is 0 Å². The first-order valence-electron chi connectivity index (χ1n) is 13.8. The molecular weight excluding hydrogens is 594 g/mol. The standard InChI is InChI=1S/C31H38ClN3O5S2/c1-5-7-20-33-31(37)23(3)34(21-24-12-8-9-13-27(24)32)30(36)22-35(28-14-10-11-15-29(28)40-6-2)42(38,39)26-18-16-25(41-4)17-19-26/h8-19,23H,5-7,20-22H2,1-4H3,(H,33,37). The van der Waals surface area contributed by atoms with Crippen molar-refractivity contribution in [2.45, 2.75) is 56.0 Å². The molecule has 3 aromatic rings. The number of nitrogens with one attached hydrogen (secondary N) is 1. The summed E-state index contributed by atoms with van der Waals surface area (Å²) in [5, 5.41) is 3.32. The maximum atomic E-state index is 14.1. The fraction of sp³-hybridized carbons (Fsp3) is 0.355. The molecular formula is C31H38ClN3O5S2. The summed E-state index contributed by atoms with van der Waals surface area (Å²) >= 11 is 7.92. The molecule has 0 bridgehead atoms. The molecule has 226 valence electrons. The molecule has 0 aromatic heterocycles. The van der Waals surface area contributed by atoms with Crippen LogP contribution in [0.25, 0.3) is 0 Å². The second-order valence-electron chi connectivity index (χ2n) is 9.52. The Hall–Kier alpha value is -3.21. The first-order chi connectivity index (χ1) is 20.1. The van der Waals surface area contributed by atoms with Gasteiger partial charge in [0.2, 0.25) is 11.8 Å². The van der Waals surface area contributed by atoms with E-state index in [-0.39, 0.29) is 23.0 Å². The molecule has 0 saturated carbocycles. The Morgan fingerprint density at radius 3 is 2.31 bits per heavy atom. The first kappa shape index (κ1) is 33.3. The number of rotatable bonds is 15. The number of unbranched alkanes of at least 4 members (excludes halogenated alkanes) is 1. The van der Waals surface area contributed by atoms with Crippen LogP contribution in [0.1, 0.15) is 39.2 Å². The highest BCUT2D eigenvalue weighted by molar-refractivity contribution is 7.98. The molecule has 0 spiro atoms. The number of sulfonamides is 1. The zero-order valence-electron chi connectivity index (χ0n) is 24.4. The van der Waals surface area contributed by atoms with Gasteiger partial charge in [-0.25, -0.2) is 8.42 Å². The van der Waals surface area contributed by atoms with Gasteiger partial charge in [-0.2, -0.15) is 0 Å². The Morgan fingerprint density at radius 1 is 1.00 bits per heavy atom. The SMILES string of the molecule is CCCCNC(=O)C(C)N(Cc1ccccc1Cl)C(=O)CN(c1ccccc1OCC)S(=O)(=O)c1ccc(SC)cc1. The number of benzene rings is 3. The van der Waals surface area contributed by atoms with Crippen molar-refractivity contribution >= 4 is 50.9 Å². The number of hydrogen-bond acceptors (Lipinski definition) is 6. The predicted molar refractivity (Wildman–Crippen MR) is 170 cm³/mol. The monoisotopic (exact) mass is 631 g/mol. The van der Waals surface area contributed by atoms with Gasteiger partial charge < -0.3 is 15.0 Å². The smallest absolute Gasteiger partial charge is 0.264 e. The number of nitrogens with zero attached hydrogens (tertiary/aromatic N) is 2. The zero-order chi connectivity index (χ0) is 30.7. The van der Waals surface area contributed by atoms with E-state index in [9.17, 15) is 18.0 Å². The summed E-state index contributed by atoms with van der Waals surface area (Å²) in [7, 11) is -4.22. The van der Waals surface area contributed by atoms with Gasteiger partial charge in [-0.05, 0) is 74.6 Å². The largest absolute Gasteiger partial charge is 0.492 e. The average molecular weight is 632 g/mol. The van der Waals surface area contributed by atoms with Gasteiger partial charge in [0, 0.05) is 23.0 Å². The molecule has 0 radical (unpaired) electrons. The van der Waals surface area contributed by atoms with Crippen molar-refractivity contribution in [3.05, 3.63) is 83.4 Å². The summed E-state index contributed by atoms with van der Waals surface area (Å²) in [6, 6.07) is 19.3. The maximum Gasteiger partial charge on any atom is 0.264 e. The molecule has 42 heavy (non-hydrogen) atoms. The third-order valence-corrected chi connectivity index (χ3v) is 9.54. The lowest BCUT2D eigenvalue weighted by Crippen LogP contribution is -2.51. The molecule has 2 amide bonds. The summed E-state index contributed by atoms with van der Waals surface area (Å²) in [5.74, 6) is -0.579. The second kappa shape index (κ2) is 15.9. The topological polar surface area (TPSA) is 96.0 Å². The van der Waals surface area contributed by atoms with Gasteiger partial charge in [0.05, 0.1) is 17.2 Å². The minimum Gasteiger partial charge on any atom is -0.492 e. The lowest BCUT2D eigenvalue weighted by Gasteiger charge is -2.32. The fourth-order valence-electron chi connectivity index (χ4n) is 4.26. The van der Waals surface area contributed by atoms with E-state index in [0.717, 1.165) is 22.0 Å². The van der Waals surface area contributed by atoms with Crippen LogP contribution in [0.4, 0.5) is 5.69 Å². The molecule has 0 aliphatic rings. The predicted octanol–water partition coefficient (Wildman–Crippen LogP) is 5.99. The average Bonchev–Trinajstić information content (AvgIpc) is 2.99. The van der Waals surface area contributed by atoms with Gasteiger partial charge in [-0.1, -0.05) is 55.3 Å². The van der Waals surface area contributed by atoms with Crippen LogP contribution in [-0.2, 0) is 26.2 Å². The molecule has 0 fully saturated rings. The molecule has 0 heterocycles. The quantitative estimate of drug-likeness (QED) is 0.164. The molecule has 1 unspecified atom stereocenters. The molecule has 0 saturated heterocycles. The lowest BCUT2D eigenvalue weighted by atomic mass is 10.1. The van der Waals surface area contributed by atoms with Gasteiger partial charge >= 0.3 is 0 Å². The molecule has 3 rings (SSSR count). The van der Waals surface area contributed by atoms with E-state index in [0.29, 0.717) is 29.5 Å². The summed E-state index contributed by atoms with van der Waals surface area (Å²) in [6.45, 7) is 5.68. The van der Waals surface area contributed by atoms with Crippen LogP contribution in [-0.4, -0.2) is 57.1 Å². The second-order valence-corrected chi connectivity index (χ2v) is 12.7. The Labute approximate surface area is 258 Å². The van der Waals surface area contributed by atoms with Crippen molar-refractivity contribution in [3.63, 3.8) is 0 Å². The maximum absolute atomic E-state index is 14.1. The number of para-hydroxylation sites is 2. The van der Waals surface area contributed by atoms with Crippen LogP contribution >= 0.6 is 23.4 Å². The van der Waals surface area contributed by atoms with E-state index in [2.05, 4.69) is 5.32 Å². The van der Waals surface area contributed by atoms with Crippen molar-refractivity contribution in [2.24, 2.45) is 0 Å². The summed E-state index contributed by atoms with van der Waals surface area (Å²) in [5.41, 5.74) is 0.858. The van der Waals surface area contributed by atoms with E-state index >= 15 is 0 Å². The van der Waals surface area contributed by atoms with Crippen molar-refractivity contribution < 1.29 is 22.7 Å². The summed E-state index contributed by atoms with van der Waals surface area (Å²) in [4.78, 5) is 29.5. The Bertz CT molecular complexity index is 1450. The number of halogens is 1. The molecule has 1 N–H and O–H groups in total.